The lowest BCUT2D eigenvalue weighted by molar-refractivity contribution is -0.137. The van der Waals surface area contributed by atoms with Crippen LogP contribution >= 0.6 is 11.3 Å². The summed E-state index contributed by atoms with van der Waals surface area (Å²) in [5.41, 5.74) is 1.12. The van der Waals surface area contributed by atoms with E-state index in [0.29, 0.717) is 0 Å². The fourth-order valence-electron chi connectivity index (χ4n) is 0.935. The average molecular weight is 170 g/mol. The van der Waals surface area contributed by atoms with Gasteiger partial charge in [0.1, 0.15) is 0 Å². The van der Waals surface area contributed by atoms with E-state index in [0.717, 1.165) is 5.56 Å². The standard InChI is InChI=1S/C8H10O2S/c1-6(4-8(9)10)7-2-3-11-5-7/h2-3,5-6H,4H2,1H3,(H,9,10). The third kappa shape index (κ3) is 2.35. The number of carbonyl (C=O) groups is 1. The van der Waals surface area contributed by atoms with Gasteiger partial charge in [-0.2, -0.15) is 11.3 Å². The van der Waals surface area contributed by atoms with Gasteiger partial charge in [-0.15, -0.1) is 0 Å². The molecule has 0 amide bonds. The summed E-state index contributed by atoms with van der Waals surface area (Å²) in [7, 11) is 0. The first-order chi connectivity index (χ1) is 5.20. The molecule has 0 aliphatic carbocycles. The number of carboxylic acids is 1. The molecule has 0 aliphatic heterocycles. The highest BCUT2D eigenvalue weighted by molar-refractivity contribution is 7.07. The number of aliphatic carboxylic acids is 1. The topological polar surface area (TPSA) is 37.3 Å². The zero-order valence-electron chi connectivity index (χ0n) is 6.28. The van der Waals surface area contributed by atoms with Crippen molar-refractivity contribution in [2.45, 2.75) is 19.3 Å². The van der Waals surface area contributed by atoms with Crippen LogP contribution in [0.15, 0.2) is 16.8 Å². The van der Waals surface area contributed by atoms with E-state index >= 15 is 0 Å². The Labute approximate surface area is 69.5 Å². The Morgan fingerprint density at radius 1 is 1.82 bits per heavy atom. The van der Waals surface area contributed by atoms with Gasteiger partial charge >= 0.3 is 5.97 Å². The summed E-state index contributed by atoms with van der Waals surface area (Å²) in [5.74, 6) is -0.595. The smallest absolute Gasteiger partial charge is 0.303 e. The van der Waals surface area contributed by atoms with Gasteiger partial charge in [0.05, 0.1) is 6.42 Å². The lowest BCUT2D eigenvalue weighted by Crippen LogP contribution is -2.01. The van der Waals surface area contributed by atoms with Crippen LogP contribution in [0.1, 0.15) is 24.8 Å². The first kappa shape index (κ1) is 8.27. The van der Waals surface area contributed by atoms with Crippen LogP contribution in [0.2, 0.25) is 0 Å². The molecule has 0 spiro atoms. The lowest BCUT2D eigenvalue weighted by atomic mass is 10.0. The second-order valence-electron chi connectivity index (χ2n) is 2.56. The maximum absolute atomic E-state index is 10.3. The molecular formula is C8H10O2S. The van der Waals surface area contributed by atoms with Gasteiger partial charge < -0.3 is 5.11 Å². The molecule has 0 aromatic carbocycles. The molecule has 1 heterocycles. The van der Waals surface area contributed by atoms with Crippen LogP contribution in [-0.4, -0.2) is 11.1 Å². The fraction of sp³-hybridized carbons (Fsp3) is 0.375. The molecule has 0 fully saturated rings. The van der Waals surface area contributed by atoms with Crippen molar-refractivity contribution in [2.24, 2.45) is 0 Å². The minimum absolute atomic E-state index is 0.138. The number of carboxylic acid groups (broad SMARTS) is 1. The van der Waals surface area contributed by atoms with Crippen LogP contribution in [0, 0.1) is 0 Å². The van der Waals surface area contributed by atoms with Gasteiger partial charge in [-0.3, -0.25) is 4.79 Å². The Balaban J connectivity index is 2.56. The van der Waals surface area contributed by atoms with Gasteiger partial charge in [-0.05, 0) is 28.3 Å². The van der Waals surface area contributed by atoms with Gasteiger partial charge in [0.2, 0.25) is 0 Å². The third-order valence-electron chi connectivity index (χ3n) is 1.59. The average Bonchev–Trinajstić information content (AvgIpc) is 2.35. The van der Waals surface area contributed by atoms with Gasteiger partial charge in [0.25, 0.3) is 0 Å². The van der Waals surface area contributed by atoms with Crippen molar-refractivity contribution < 1.29 is 9.90 Å². The van der Waals surface area contributed by atoms with Crippen molar-refractivity contribution >= 4 is 17.3 Å². The molecule has 1 N–H and O–H groups in total. The minimum Gasteiger partial charge on any atom is -0.481 e. The zero-order chi connectivity index (χ0) is 8.27. The second kappa shape index (κ2) is 3.53. The Morgan fingerprint density at radius 2 is 2.55 bits per heavy atom. The Hall–Kier alpha value is -0.830. The van der Waals surface area contributed by atoms with E-state index in [9.17, 15) is 4.79 Å². The van der Waals surface area contributed by atoms with Crippen LogP contribution in [0.3, 0.4) is 0 Å². The van der Waals surface area contributed by atoms with E-state index in [1.165, 1.54) is 0 Å². The van der Waals surface area contributed by atoms with Crippen molar-refractivity contribution in [3.05, 3.63) is 22.4 Å². The van der Waals surface area contributed by atoms with Gasteiger partial charge in [0.15, 0.2) is 0 Å². The van der Waals surface area contributed by atoms with Crippen molar-refractivity contribution in [2.75, 3.05) is 0 Å². The zero-order valence-corrected chi connectivity index (χ0v) is 7.10. The molecule has 60 valence electrons. The Bertz CT molecular complexity index is 228. The van der Waals surface area contributed by atoms with Crippen LogP contribution < -0.4 is 0 Å². The molecular weight excluding hydrogens is 160 g/mol. The monoisotopic (exact) mass is 170 g/mol. The second-order valence-corrected chi connectivity index (χ2v) is 3.34. The summed E-state index contributed by atoms with van der Waals surface area (Å²) in [5, 5.41) is 12.4. The number of hydrogen-bond acceptors (Lipinski definition) is 2. The maximum atomic E-state index is 10.3. The summed E-state index contributed by atoms with van der Waals surface area (Å²) >= 11 is 1.60. The Kier molecular flexibility index (Phi) is 2.65. The molecule has 1 atom stereocenters. The summed E-state index contributed by atoms with van der Waals surface area (Å²) in [4.78, 5) is 10.3. The molecule has 0 saturated carbocycles. The molecule has 3 heteroatoms. The van der Waals surface area contributed by atoms with Crippen molar-refractivity contribution in [3.8, 4) is 0 Å². The Morgan fingerprint density at radius 3 is 3.00 bits per heavy atom. The van der Waals surface area contributed by atoms with Gasteiger partial charge in [0, 0.05) is 0 Å². The minimum atomic E-state index is -0.733. The maximum Gasteiger partial charge on any atom is 0.303 e. The van der Waals surface area contributed by atoms with E-state index in [4.69, 9.17) is 5.11 Å². The van der Waals surface area contributed by atoms with Crippen molar-refractivity contribution in [1.29, 1.82) is 0 Å². The molecule has 1 aromatic rings. The molecule has 11 heavy (non-hydrogen) atoms. The van der Waals surface area contributed by atoms with Crippen molar-refractivity contribution in [1.82, 2.24) is 0 Å². The van der Waals surface area contributed by atoms with E-state index in [1.54, 1.807) is 11.3 Å². The summed E-state index contributed by atoms with van der Waals surface area (Å²) in [6.07, 6.45) is 0.219. The van der Waals surface area contributed by atoms with Gasteiger partial charge in [-0.25, -0.2) is 0 Å². The SMILES string of the molecule is CC(CC(=O)O)c1ccsc1. The third-order valence-corrected chi connectivity index (χ3v) is 2.29. The number of rotatable bonds is 3. The summed E-state index contributed by atoms with van der Waals surface area (Å²) in [6, 6.07) is 1.97. The molecule has 2 nitrogen and oxygen atoms in total. The first-order valence-electron chi connectivity index (χ1n) is 3.44. The largest absolute Gasteiger partial charge is 0.481 e. The molecule has 1 rings (SSSR count). The van der Waals surface area contributed by atoms with Gasteiger partial charge in [-0.1, -0.05) is 6.92 Å². The summed E-state index contributed by atoms with van der Waals surface area (Å²) in [6.45, 7) is 1.93. The van der Waals surface area contributed by atoms with Crippen LogP contribution in [0.5, 0.6) is 0 Å². The molecule has 1 aromatic heterocycles. The highest BCUT2D eigenvalue weighted by Gasteiger charge is 2.09. The quantitative estimate of drug-likeness (QED) is 0.755. The highest BCUT2D eigenvalue weighted by atomic mass is 32.1. The van der Waals surface area contributed by atoms with E-state index in [-0.39, 0.29) is 12.3 Å². The van der Waals surface area contributed by atoms with Crippen LogP contribution in [0.25, 0.3) is 0 Å². The van der Waals surface area contributed by atoms with Crippen LogP contribution in [-0.2, 0) is 4.79 Å². The highest BCUT2D eigenvalue weighted by Crippen LogP contribution is 2.20. The molecule has 0 aliphatic rings. The predicted octanol–water partition coefficient (Wildman–Crippen LogP) is 2.33. The molecule has 1 unspecified atom stereocenters. The van der Waals surface area contributed by atoms with E-state index in [1.807, 2.05) is 23.8 Å². The lowest BCUT2D eigenvalue weighted by Gasteiger charge is -2.04. The number of thiophene rings is 1. The molecule has 0 saturated heterocycles. The molecule has 0 radical (unpaired) electrons. The van der Waals surface area contributed by atoms with Crippen molar-refractivity contribution in [3.63, 3.8) is 0 Å². The fourth-order valence-corrected chi connectivity index (χ4v) is 1.72. The number of hydrogen-bond donors (Lipinski definition) is 1. The first-order valence-corrected chi connectivity index (χ1v) is 4.38. The normalized spacial score (nSPS) is 12.8. The van der Waals surface area contributed by atoms with E-state index < -0.39 is 5.97 Å². The predicted molar refractivity (Wildman–Crippen MR) is 45.0 cm³/mol. The van der Waals surface area contributed by atoms with E-state index in [2.05, 4.69) is 0 Å². The summed E-state index contributed by atoms with van der Waals surface area (Å²) < 4.78 is 0. The molecule has 0 bridgehead atoms. The van der Waals surface area contributed by atoms with Crippen LogP contribution in [0.4, 0.5) is 0 Å².